The summed E-state index contributed by atoms with van der Waals surface area (Å²) < 4.78 is 10.6. The van der Waals surface area contributed by atoms with Crippen LogP contribution in [0.2, 0.25) is 5.02 Å². The molecule has 6 nitrogen and oxygen atoms in total. The maximum atomic E-state index is 12.1. The predicted octanol–water partition coefficient (Wildman–Crippen LogP) is 3.71. The Balaban J connectivity index is 0.00000320. The lowest BCUT2D eigenvalue weighted by atomic mass is 9.74. The van der Waals surface area contributed by atoms with Gasteiger partial charge >= 0.3 is 5.97 Å². The number of guanidine groups is 1. The van der Waals surface area contributed by atoms with Crippen LogP contribution in [0.15, 0.2) is 29.3 Å². The van der Waals surface area contributed by atoms with Crippen LogP contribution >= 0.6 is 35.6 Å². The number of aliphatic imine (C=N–C) groups is 1. The van der Waals surface area contributed by atoms with Crippen LogP contribution in [0.1, 0.15) is 32.3 Å². The molecule has 0 amide bonds. The molecule has 1 aromatic carbocycles. The minimum atomic E-state index is -0.146. The van der Waals surface area contributed by atoms with Crippen LogP contribution in [0.4, 0.5) is 0 Å². The molecule has 8 heteroatoms. The van der Waals surface area contributed by atoms with Gasteiger partial charge < -0.3 is 19.7 Å². The molecule has 1 aromatic rings. The number of nitrogens with one attached hydrogen (secondary N) is 1. The molecule has 2 unspecified atom stereocenters. The van der Waals surface area contributed by atoms with E-state index in [2.05, 4.69) is 30.1 Å². The Kier molecular flexibility index (Phi) is 9.68. The molecule has 2 heterocycles. The fraction of sp³-hybridized carbons (Fsp3) is 0.636. The van der Waals surface area contributed by atoms with Gasteiger partial charge in [0.2, 0.25) is 0 Å². The summed E-state index contributed by atoms with van der Waals surface area (Å²) in [6.45, 7) is 8.39. The molecule has 168 valence electrons. The van der Waals surface area contributed by atoms with E-state index in [1.807, 2.05) is 18.2 Å². The smallest absolute Gasteiger partial charge is 0.310 e. The number of likely N-dealkylation sites (tertiary alicyclic amines) is 1. The van der Waals surface area contributed by atoms with E-state index < -0.39 is 0 Å². The van der Waals surface area contributed by atoms with Crippen molar-refractivity contribution in [1.82, 2.24) is 10.2 Å². The molecule has 2 aliphatic heterocycles. The molecule has 2 atom stereocenters. The Morgan fingerprint density at radius 2 is 2.03 bits per heavy atom. The third kappa shape index (κ3) is 5.59. The van der Waals surface area contributed by atoms with E-state index in [1.54, 1.807) is 0 Å². The number of hydrogen-bond acceptors (Lipinski definition) is 4. The number of benzene rings is 1. The number of carbonyl (C=O) groups is 1. The lowest BCUT2D eigenvalue weighted by Gasteiger charge is -2.37. The van der Waals surface area contributed by atoms with Crippen molar-refractivity contribution in [2.45, 2.75) is 32.1 Å². The Labute approximate surface area is 201 Å². The van der Waals surface area contributed by atoms with Crippen molar-refractivity contribution in [2.24, 2.45) is 16.8 Å². The first-order valence-electron chi connectivity index (χ1n) is 10.4. The van der Waals surface area contributed by atoms with Gasteiger partial charge in [-0.25, -0.2) is 0 Å². The second kappa shape index (κ2) is 11.5. The third-order valence-electron chi connectivity index (χ3n) is 6.18. The van der Waals surface area contributed by atoms with Crippen molar-refractivity contribution in [3.05, 3.63) is 34.9 Å². The van der Waals surface area contributed by atoms with Crippen LogP contribution in [0.3, 0.4) is 0 Å². The molecule has 30 heavy (non-hydrogen) atoms. The van der Waals surface area contributed by atoms with Gasteiger partial charge in [0.05, 0.1) is 19.6 Å². The molecule has 0 bridgehead atoms. The van der Waals surface area contributed by atoms with E-state index in [-0.39, 0.29) is 47.2 Å². The number of ether oxygens (including phenoxy) is 2. The normalized spacial score (nSPS) is 23.6. The SMILES string of the molecule is CCNC(=NCC1(c2ccccc2Cl)CCOCC1)N1CC(C)C(C(=O)OC)C1.I. The lowest BCUT2D eigenvalue weighted by Crippen LogP contribution is -2.43. The second-order valence-corrected chi connectivity index (χ2v) is 8.46. The largest absolute Gasteiger partial charge is 0.469 e. The van der Waals surface area contributed by atoms with E-state index in [4.69, 9.17) is 26.1 Å². The van der Waals surface area contributed by atoms with Crippen LogP contribution in [-0.4, -0.2) is 63.3 Å². The molecule has 0 spiro atoms. The highest BCUT2D eigenvalue weighted by atomic mass is 127. The minimum absolute atomic E-state index is 0. The third-order valence-corrected chi connectivity index (χ3v) is 6.51. The van der Waals surface area contributed by atoms with E-state index in [0.29, 0.717) is 26.3 Å². The Hall–Kier alpha value is -1.06. The molecule has 0 aliphatic carbocycles. The topological polar surface area (TPSA) is 63.2 Å². The number of nitrogens with zero attached hydrogens (tertiary/aromatic N) is 2. The van der Waals surface area contributed by atoms with Crippen LogP contribution in [0.25, 0.3) is 0 Å². The molecule has 3 rings (SSSR count). The number of methoxy groups -OCH3 is 1. The molecule has 0 radical (unpaired) electrons. The van der Waals surface area contributed by atoms with Crippen molar-refractivity contribution in [3.63, 3.8) is 0 Å². The molecule has 2 aliphatic rings. The van der Waals surface area contributed by atoms with Crippen molar-refractivity contribution < 1.29 is 14.3 Å². The van der Waals surface area contributed by atoms with Crippen molar-refractivity contribution in [2.75, 3.05) is 46.5 Å². The fourth-order valence-electron chi connectivity index (χ4n) is 4.42. The number of halogens is 2. The zero-order valence-electron chi connectivity index (χ0n) is 18.0. The first-order chi connectivity index (χ1) is 14.0. The van der Waals surface area contributed by atoms with Gasteiger partial charge in [-0.1, -0.05) is 36.7 Å². The van der Waals surface area contributed by atoms with E-state index in [1.165, 1.54) is 7.11 Å². The Morgan fingerprint density at radius 3 is 2.67 bits per heavy atom. The molecule has 2 saturated heterocycles. The summed E-state index contributed by atoms with van der Waals surface area (Å²) in [7, 11) is 1.45. The van der Waals surface area contributed by atoms with Gasteiger partial charge in [-0.05, 0) is 37.3 Å². The Morgan fingerprint density at radius 1 is 1.33 bits per heavy atom. The second-order valence-electron chi connectivity index (χ2n) is 8.05. The van der Waals surface area contributed by atoms with Crippen molar-refractivity contribution >= 4 is 47.5 Å². The molecule has 2 fully saturated rings. The minimum Gasteiger partial charge on any atom is -0.469 e. The Bertz CT molecular complexity index is 740. The summed E-state index contributed by atoms with van der Waals surface area (Å²) in [5.41, 5.74) is 1.01. The van der Waals surface area contributed by atoms with E-state index in [0.717, 1.165) is 42.5 Å². The average Bonchev–Trinajstić information content (AvgIpc) is 3.13. The zero-order chi connectivity index (χ0) is 20.9. The van der Waals surface area contributed by atoms with Crippen LogP contribution in [-0.2, 0) is 19.7 Å². The van der Waals surface area contributed by atoms with E-state index in [9.17, 15) is 4.79 Å². The molecule has 1 N–H and O–H groups in total. The van der Waals surface area contributed by atoms with Crippen molar-refractivity contribution in [1.29, 1.82) is 0 Å². The molecular weight excluding hydrogens is 517 g/mol. The summed E-state index contributed by atoms with van der Waals surface area (Å²) >= 11 is 6.57. The quantitative estimate of drug-likeness (QED) is 0.263. The monoisotopic (exact) mass is 549 g/mol. The van der Waals surface area contributed by atoms with Gasteiger partial charge in [0.15, 0.2) is 5.96 Å². The predicted molar refractivity (Wildman–Crippen MR) is 131 cm³/mol. The van der Waals surface area contributed by atoms with E-state index >= 15 is 0 Å². The average molecular weight is 550 g/mol. The highest BCUT2D eigenvalue weighted by molar-refractivity contribution is 14.0. The maximum Gasteiger partial charge on any atom is 0.310 e. The van der Waals surface area contributed by atoms with Crippen molar-refractivity contribution in [3.8, 4) is 0 Å². The molecular formula is C22H33ClIN3O3. The molecule has 0 aromatic heterocycles. The zero-order valence-corrected chi connectivity index (χ0v) is 21.1. The number of esters is 1. The standard InChI is InChI=1S/C22H32ClN3O3.HI/c1-4-24-21(26-13-16(2)17(14-26)20(27)28-3)25-15-22(9-11-29-12-10-22)18-7-5-6-8-19(18)23;/h5-8,16-17H,4,9-15H2,1-3H3,(H,24,25);1H. The van der Waals surface area contributed by atoms with Gasteiger partial charge in [-0.2, -0.15) is 0 Å². The van der Waals surface area contributed by atoms with Gasteiger partial charge in [0, 0.05) is 43.3 Å². The van der Waals surface area contributed by atoms with Crippen LogP contribution < -0.4 is 5.32 Å². The first kappa shape index (κ1) is 25.2. The molecule has 0 saturated carbocycles. The summed E-state index contributed by atoms with van der Waals surface area (Å²) in [6.07, 6.45) is 1.78. The summed E-state index contributed by atoms with van der Waals surface area (Å²) in [6, 6.07) is 8.06. The number of rotatable bonds is 5. The lowest BCUT2D eigenvalue weighted by molar-refractivity contribution is -0.145. The highest BCUT2D eigenvalue weighted by Crippen LogP contribution is 2.39. The van der Waals surface area contributed by atoms with Gasteiger partial charge in [-0.3, -0.25) is 9.79 Å². The maximum absolute atomic E-state index is 12.1. The van der Waals surface area contributed by atoms with Crippen LogP contribution in [0.5, 0.6) is 0 Å². The summed E-state index contributed by atoms with van der Waals surface area (Å²) in [5, 5.41) is 4.19. The highest BCUT2D eigenvalue weighted by Gasteiger charge is 2.39. The van der Waals surface area contributed by atoms with Crippen LogP contribution in [0, 0.1) is 11.8 Å². The number of carbonyl (C=O) groups excluding carboxylic acids is 1. The van der Waals surface area contributed by atoms with Gasteiger partial charge in [-0.15, -0.1) is 24.0 Å². The summed E-state index contributed by atoms with van der Waals surface area (Å²) in [4.78, 5) is 19.3. The number of hydrogen-bond donors (Lipinski definition) is 1. The first-order valence-corrected chi connectivity index (χ1v) is 10.8. The summed E-state index contributed by atoms with van der Waals surface area (Å²) in [5.74, 6) is 0.813. The van der Waals surface area contributed by atoms with Gasteiger partial charge in [0.1, 0.15) is 0 Å². The van der Waals surface area contributed by atoms with Gasteiger partial charge in [0.25, 0.3) is 0 Å². The fourth-order valence-corrected chi connectivity index (χ4v) is 4.75.